The lowest BCUT2D eigenvalue weighted by Gasteiger charge is -2.26. The van der Waals surface area contributed by atoms with Crippen molar-refractivity contribution in [1.29, 1.82) is 0 Å². The Hall–Kier alpha value is -1.46. The van der Waals surface area contributed by atoms with Crippen LogP contribution in [-0.2, 0) is 0 Å². The van der Waals surface area contributed by atoms with Crippen LogP contribution in [0.2, 0.25) is 5.02 Å². The van der Waals surface area contributed by atoms with E-state index in [-0.39, 0.29) is 18.2 Å². The molecule has 0 bridgehead atoms. The largest absolute Gasteiger partial charge is 0.495 e. The molecule has 0 saturated heterocycles. The normalized spacial score (nSPS) is 22.1. The predicted octanol–water partition coefficient (Wildman–Crippen LogP) is 2.77. The van der Waals surface area contributed by atoms with Gasteiger partial charge >= 0.3 is 6.03 Å². The fraction of sp³-hybridized carbons (Fsp3) is 0.500. The number of ether oxygens (including phenoxy) is 1. The van der Waals surface area contributed by atoms with Gasteiger partial charge in [0.25, 0.3) is 0 Å². The Bertz CT molecular complexity index is 481. The molecule has 5 nitrogen and oxygen atoms in total. The first-order chi connectivity index (χ1) is 9.58. The summed E-state index contributed by atoms with van der Waals surface area (Å²) < 4.78 is 5.17. The van der Waals surface area contributed by atoms with Gasteiger partial charge in [-0.2, -0.15) is 0 Å². The second-order valence-corrected chi connectivity index (χ2v) is 5.40. The Balaban J connectivity index is 1.95. The molecule has 1 aliphatic carbocycles. The van der Waals surface area contributed by atoms with E-state index in [1.165, 1.54) is 7.11 Å². The molecule has 0 aromatic heterocycles. The van der Waals surface area contributed by atoms with Crippen LogP contribution in [0.25, 0.3) is 0 Å². The number of urea groups is 1. The van der Waals surface area contributed by atoms with Gasteiger partial charge in [0.05, 0.1) is 18.9 Å². The van der Waals surface area contributed by atoms with E-state index in [0.29, 0.717) is 22.9 Å². The molecular weight excluding hydrogens is 280 g/mol. The molecule has 0 unspecified atom stereocenters. The zero-order chi connectivity index (χ0) is 14.5. The second kappa shape index (κ2) is 6.81. The summed E-state index contributed by atoms with van der Waals surface area (Å²) in [4.78, 5) is 12.0. The Morgan fingerprint density at radius 3 is 2.95 bits per heavy atom. The van der Waals surface area contributed by atoms with E-state index < -0.39 is 0 Å². The van der Waals surface area contributed by atoms with E-state index in [2.05, 4.69) is 10.6 Å². The molecule has 20 heavy (non-hydrogen) atoms. The lowest BCUT2D eigenvalue weighted by molar-refractivity contribution is 0.114. The molecule has 2 rings (SSSR count). The molecular formula is C14H19ClN2O3. The van der Waals surface area contributed by atoms with E-state index in [4.69, 9.17) is 16.3 Å². The van der Waals surface area contributed by atoms with Crippen molar-refractivity contribution in [3.05, 3.63) is 23.2 Å². The maximum Gasteiger partial charge on any atom is 0.319 e. The van der Waals surface area contributed by atoms with Crippen LogP contribution in [0.3, 0.4) is 0 Å². The van der Waals surface area contributed by atoms with Gasteiger partial charge in [-0.15, -0.1) is 0 Å². The number of amides is 2. The Morgan fingerprint density at radius 1 is 1.45 bits per heavy atom. The van der Waals surface area contributed by atoms with Crippen molar-refractivity contribution < 1.29 is 14.6 Å². The first kappa shape index (κ1) is 14.9. The molecule has 110 valence electrons. The SMILES string of the molecule is COc1ccc(Cl)cc1NC(=O)N[C@H]1CCC[C@@H](O)C1. The molecule has 1 aromatic carbocycles. The number of hydrogen-bond acceptors (Lipinski definition) is 3. The van der Waals surface area contributed by atoms with Crippen molar-refractivity contribution in [3.8, 4) is 5.75 Å². The molecule has 3 N–H and O–H groups in total. The highest BCUT2D eigenvalue weighted by atomic mass is 35.5. The number of rotatable bonds is 3. The summed E-state index contributed by atoms with van der Waals surface area (Å²) >= 11 is 5.91. The third kappa shape index (κ3) is 4.02. The minimum atomic E-state index is -0.324. The topological polar surface area (TPSA) is 70.6 Å². The highest BCUT2D eigenvalue weighted by Gasteiger charge is 2.21. The quantitative estimate of drug-likeness (QED) is 0.803. The fourth-order valence-corrected chi connectivity index (χ4v) is 2.59. The van der Waals surface area contributed by atoms with Crippen LogP contribution in [-0.4, -0.2) is 30.4 Å². The third-order valence-corrected chi connectivity index (χ3v) is 3.63. The summed E-state index contributed by atoms with van der Waals surface area (Å²) in [6.07, 6.45) is 2.89. The number of hydrogen-bond donors (Lipinski definition) is 3. The van der Waals surface area contributed by atoms with E-state index in [0.717, 1.165) is 19.3 Å². The molecule has 0 aliphatic heterocycles. The summed E-state index contributed by atoms with van der Waals surface area (Å²) in [5.74, 6) is 0.549. The maximum atomic E-state index is 12.0. The number of nitrogens with one attached hydrogen (secondary N) is 2. The molecule has 0 radical (unpaired) electrons. The molecule has 1 fully saturated rings. The minimum absolute atomic E-state index is 0.00364. The van der Waals surface area contributed by atoms with Crippen LogP contribution < -0.4 is 15.4 Å². The Kier molecular flexibility index (Phi) is 5.09. The first-order valence-electron chi connectivity index (χ1n) is 6.67. The van der Waals surface area contributed by atoms with Crippen molar-refractivity contribution in [3.63, 3.8) is 0 Å². The van der Waals surface area contributed by atoms with Crippen molar-refractivity contribution >= 4 is 23.3 Å². The van der Waals surface area contributed by atoms with E-state index in [9.17, 15) is 9.90 Å². The molecule has 6 heteroatoms. The van der Waals surface area contributed by atoms with Crippen molar-refractivity contribution in [1.82, 2.24) is 5.32 Å². The summed E-state index contributed by atoms with van der Waals surface area (Å²) in [5.41, 5.74) is 0.522. The number of benzene rings is 1. The Labute approximate surface area is 123 Å². The van der Waals surface area contributed by atoms with Gasteiger partial charge < -0.3 is 20.5 Å². The van der Waals surface area contributed by atoms with Crippen LogP contribution in [0.1, 0.15) is 25.7 Å². The number of methoxy groups -OCH3 is 1. The molecule has 2 atom stereocenters. The molecule has 0 heterocycles. The van der Waals surface area contributed by atoms with Gasteiger partial charge in [0.15, 0.2) is 0 Å². The molecule has 1 saturated carbocycles. The van der Waals surface area contributed by atoms with E-state index in [1.807, 2.05) is 0 Å². The lowest BCUT2D eigenvalue weighted by atomic mass is 9.93. The molecule has 0 spiro atoms. The highest BCUT2D eigenvalue weighted by Crippen LogP contribution is 2.27. The molecule has 1 aliphatic rings. The van der Waals surface area contributed by atoms with Crippen LogP contribution >= 0.6 is 11.6 Å². The second-order valence-electron chi connectivity index (χ2n) is 4.96. The van der Waals surface area contributed by atoms with Crippen LogP contribution in [0, 0.1) is 0 Å². The smallest absolute Gasteiger partial charge is 0.319 e. The van der Waals surface area contributed by atoms with Crippen LogP contribution in [0.15, 0.2) is 18.2 Å². The van der Waals surface area contributed by atoms with Gasteiger partial charge in [-0.25, -0.2) is 4.79 Å². The lowest BCUT2D eigenvalue weighted by Crippen LogP contribution is -2.41. The maximum absolute atomic E-state index is 12.0. The van der Waals surface area contributed by atoms with Gasteiger partial charge in [0.2, 0.25) is 0 Å². The predicted molar refractivity (Wildman–Crippen MR) is 78.4 cm³/mol. The summed E-state index contributed by atoms with van der Waals surface area (Å²) in [6, 6.07) is 4.72. The first-order valence-corrected chi connectivity index (χ1v) is 7.05. The number of carbonyl (C=O) groups is 1. The van der Waals surface area contributed by atoms with E-state index in [1.54, 1.807) is 18.2 Å². The zero-order valence-corrected chi connectivity index (χ0v) is 12.1. The van der Waals surface area contributed by atoms with Gasteiger partial charge in [-0.1, -0.05) is 11.6 Å². The monoisotopic (exact) mass is 298 g/mol. The van der Waals surface area contributed by atoms with Crippen molar-refractivity contribution in [2.24, 2.45) is 0 Å². The average Bonchev–Trinajstić information content (AvgIpc) is 2.38. The van der Waals surface area contributed by atoms with Crippen molar-refractivity contribution in [2.75, 3.05) is 12.4 Å². The number of aliphatic hydroxyl groups is 1. The standard InChI is InChI=1S/C14H19ClN2O3/c1-20-13-6-5-9(15)7-12(13)17-14(19)16-10-3-2-4-11(18)8-10/h5-7,10-11,18H,2-4,8H2,1H3,(H2,16,17,19)/t10-,11+/m0/s1. The summed E-state index contributed by atoms with van der Waals surface area (Å²) in [6.45, 7) is 0. The minimum Gasteiger partial charge on any atom is -0.495 e. The number of carbonyl (C=O) groups excluding carboxylic acids is 1. The summed E-state index contributed by atoms with van der Waals surface area (Å²) in [5, 5.41) is 15.7. The van der Waals surface area contributed by atoms with Gasteiger partial charge in [0.1, 0.15) is 5.75 Å². The summed E-state index contributed by atoms with van der Waals surface area (Å²) in [7, 11) is 1.53. The van der Waals surface area contributed by atoms with Gasteiger partial charge in [-0.05, 0) is 43.9 Å². The van der Waals surface area contributed by atoms with Gasteiger partial charge in [-0.3, -0.25) is 0 Å². The zero-order valence-electron chi connectivity index (χ0n) is 11.4. The number of anilines is 1. The van der Waals surface area contributed by atoms with Crippen LogP contribution in [0.4, 0.5) is 10.5 Å². The third-order valence-electron chi connectivity index (χ3n) is 3.39. The Morgan fingerprint density at radius 2 is 2.25 bits per heavy atom. The number of halogens is 1. The number of aliphatic hydroxyl groups excluding tert-OH is 1. The van der Waals surface area contributed by atoms with E-state index >= 15 is 0 Å². The molecule has 1 aromatic rings. The molecule has 2 amide bonds. The highest BCUT2D eigenvalue weighted by molar-refractivity contribution is 6.31. The average molecular weight is 299 g/mol. The fourth-order valence-electron chi connectivity index (χ4n) is 2.42. The van der Waals surface area contributed by atoms with Crippen molar-refractivity contribution in [2.45, 2.75) is 37.8 Å². The van der Waals surface area contributed by atoms with Gasteiger partial charge in [0, 0.05) is 11.1 Å². The van der Waals surface area contributed by atoms with Crippen LogP contribution in [0.5, 0.6) is 5.75 Å².